The van der Waals surface area contributed by atoms with Crippen LogP contribution in [0.3, 0.4) is 0 Å². The number of halogens is 1. The molecule has 10 heteroatoms. The Balaban J connectivity index is 1.97. The molecule has 5 rings (SSSR count). The third-order valence-corrected chi connectivity index (χ3v) is 5.96. The molecule has 1 atom stereocenters. The van der Waals surface area contributed by atoms with Crippen LogP contribution in [0, 0.1) is 10.1 Å². The molecule has 3 heterocycles. The second-order valence-electron chi connectivity index (χ2n) is 7.53. The molecule has 0 bridgehead atoms. The van der Waals surface area contributed by atoms with E-state index in [0.29, 0.717) is 38.9 Å². The fourth-order valence-electron chi connectivity index (χ4n) is 3.79. The molecule has 32 heavy (non-hydrogen) atoms. The first-order chi connectivity index (χ1) is 15.4. The molecule has 0 amide bonds. The van der Waals surface area contributed by atoms with Gasteiger partial charge >= 0.3 is 0 Å². The molecule has 0 N–H and O–H groups in total. The molecule has 0 aliphatic heterocycles. The highest BCUT2D eigenvalue weighted by atomic mass is 35.5. The maximum absolute atomic E-state index is 13.5. The Hall–Kier alpha value is -3.85. The van der Waals surface area contributed by atoms with Gasteiger partial charge in [-0.15, -0.1) is 0 Å². The van der Waals surface area contributed by atoms with Crippen molar-refractivity contribution < 1.29 is 4.92 Å². The number of fused-ring (bicyclic) bond motifs is 4. The lowest BCUT2D eigenvalue weighted by Gasteiger charge is -2.12. The summed E-state index contributed by atoms with van der Waals surface area (Å²) in [5.41, 5.74) is 2.32. The number of aromatic nitrogens is 5. The van der Waals surface area contributed by atoms with Gasteiger partial charge in [-0.25, -0.2) is 15.0 Å². The van der Waals surface area contributed by atoms with Crippen molar-refractivity contribution in [2.24, 2.45) is 0 Å². The minimum Gasteiger partial charge on any atom is -0.296 e. The summed E-state index contributed by atoms with van der Waals surface area (Å²) in [6.07, 6.45) is 2.25. The standard InChI is InChI=1S/C22H17ClN6O3/c1-3-12(2)27-11-24-20-18(22(27)30)19-21(26-16-7-5-4-6-15(16)25-19)28(20)13-8-9-14(23)17(10-13)29(31)32/h4-12H,3H2,1-2H3. The van der Waals surface area contributed by atoms with E-state index in [1.54, 1.807) is 15.2 Å². The normalized spacial score (nSPS) is 12.6. The van der Waals surface area contributed by atoms with E-state index in [2.05, 4.69) is 4.98 Å². The Morgan fingerprint density at radius 2 is 1.84 bits per heavy atom. The van der Waals surface area contributed by atoms with E-state index in [4.69, 9.17) is 21.6 Å². The summed E-state index contributed by atoms with van der Waals surface area (Å²) in [4.78, 5) is 38.4. The number of para-hydroxylation sites is 2. The molecular formula is C22H17ClN6O3. The van der Waals surface area contributed by atoms with Crippen LogP contribution in [-0.2, 0) is 0 Å². The first kappa shape index (κ1) is 20.1. The van der Waals surface area contributed by atoms with E-state index in [1.807, 2.05) is 38.1 Å². The van der Waals surface area contributed by atoms with Crippen molar-refractivity contribution in [3.63, 3.8) is 0 Å². The summed E-state index contributed by atoms with van der Waals surface area (Å²) in [5, 5.41) is 11.8. The highest BCUT2D eigenvalue weighted by Gasteiger charge is 2.23. The Labute approximate surface area is 186 Å². The predicted octanol–water partition coefficient (Wildman–Crippen LogP) is 4.82. The van der Waals surface area contributed by atoms with Gasteiger partial charge in [-0.1, -0.05) is 30.7 Å². The van der Waals surface area contributed by atoms with E-state index >= 15 is 0 Å². The number of hydrogen-bond donors (Lipinski definition) is 0. The highest BCUT2D eigenvalue weighted by molar-refractivity contribution is 6.32. The minimum atomic E-state index is -0.551. The van der Waals surface area contributed by atoms with Crippen LogP contribution in [0.4, 0.5) is 5.69 Å². The van der Waals surface area contributed by atoms with Gasteiger partial charge in [-0.2, -0.15) is 0 Å². The largest absolute Gasteiger partial charge is 0.296 e. The van der Waals surface area contributed by atoms with Gasteiger partial charge in [-0.05, 0) is 37.6 Å². The number of nitro groups is 1. The molecule has 3 aromatic heterocycles. The summed E-state index contributed by atoms with van der Waals surface area (Å²) in [5.74, 6) is 0. The lowest BCUT2D eigenvalue weighted by Crippen LogP contribution is -2.23. The molecular weight excluding hydrogens is 432 g/mol. The van der Waals surface area contributed by atoms with Crippen LogP contribution in [0.2, 0.25) is 5.02 Å². The SMILES string of the molecule is CCC(C)n1cnc2c(c1=O)c1nc3ccccc3nc1n2-c1ccc(Cl)c([N+](=O)[O-])c1. The lowest BCUT2D eigenvalue weighted by atomic mass is 10.2. The summed E-state index contributed by atoms with van der Waals surface area (Å²) >= 11 is 6.02. The average molecular weight is 449 g/mol. The number of nitrogens with zero attached hydrogens (tertiary/aromatic N) is 6. The van der Waals surface area contributed by atoms with E-state index in [9.17, 15) is 14.9 Å². The molecule has 0 fully saturated rings. The topological polar surface area (TPSA) is 109 Å². The first-order valence-electron chi connectivity index (χ1n) is 10.0. The van der Waals surface area contributed by atoms with Crippen molar-refractivity contribution in [1.82, 2.24) is 24.1 Å². The number of benzene rings is 2. The molecule has 0 radical (unpaired) electrons. The van der Waals surface area contributed by atoms with Gasteiger partial charge in [-0.3, -0.25) is 24.0 Å². The first-order valence-corrected chi connectivity index (χ1v) is 10.4. The Morgan fingerprint density at radius 1 is 1.12 bits per heavy atom. The van der Waals surface area contributed by atoms with Crippen LogP contribution >= 0.6 is 11.6 Å². The van der Waals surface area contributed by atoms with Crippen molar-refractivity contribution in [3.8, 4) is 5.69 Å². The average Bonchev–Trinajstić information content (AvgIpc) is 3.11. The quantitative estimate of drug-likeness (QED) is 0.288. The van der Waals surface area contributed by atoms with Gasteiger partial charge in [0.15, 0.2) is 11.3 Å². The highest BCUT2D eigenvalue weighted by Crippen LogP contribution is 2.32. The van der Waals surface area contributed by atoms with Gasteiger partial charge in [0.2, 0.25) is 0 Å². The van der Waals surface area contributed by atoms with Crippen LogP contribution in [0.1, 0.15) is 26.3 Å². The van der Waals surface area contributed by atoms with Gasteiger partial charge in [0.1, 0.15) is 22.3 Å². The maximum Gasteiger partial charge on any atom is 0.289 e. The molecule has 0 spiro atoms. The summed E-state index contributed by atoms with van der Waals surface area (Å²) in [6.45, 7) is 3.93. The third kappa shape index (κ3) is 2.93. The summed E-state index contributed by atoms with van der Waals surface area (Å²) in [7, 11) is 0. The van der Waals surface area contributed by atoms with Crippen molar-refractivity contribution in [3.05, 3.63) is 74.3 Å². The Bertz CT molecular complexity index is 1610. The van der Waals surface area contributed by atoms with Crippen LogP contribution < -0.4 is 5.56 Å². The van der Waals surface area contributed by atoms with E-state index in [-0.39, 0.29) is 22.3 Å². The smallest absolute Gasteiger partial charge is 0.289 e. The molecule has 0 aliphatic rings. The van der Waals surface area contributed by atoms with Crippen molar-refractivity contribution >= 4 is 50.5 Å². The Kier molecular flexibility index (Phi) is 4.63. The number of rotatable bonds is 4. The summed E-state index contributed by atoms with van der Waals surface area (Å²) in [6, 6.07) is 11.7. The van der Waals surface area contributed by atoms with Crippen molar-refractivity contribution in [2.45, 2.75) is 26.3 Å². The van der Waals surface area contributed by atoms with Crippen LogP contribution in [0.25, 0.3) is 38.9 Å². The van der Waals surface area contributed by atoms with Crippen LogP contribution in [0.15, 0.2) is 53.6 Å². The van der Waals surface area contributed by atoms with E-state index in [0.717, 1.165) is 6.42 Å². The number of hydrogen-bond acceptors (Lipinski definition) is 6. The second-order valence-corrected chi connectivity index (χ2v) is 7.93. The van der Waals surface area contributed by atoms with Gasteiger partial charge in [0, 0.05) is 12.1 Å². The van der Waals surface area contributed by atoms with Crippen LogP contribution in [-0.4, -0.2) is 29.0 Å². The predicted molar refractivity (Wildman–Crippen MR) is 123 cm³/mol. The third-order valence-electron chi connectivity index (χ3n) is 5.64. The van der Waals surface area contributed by atoms with Crippen LogP contribution in [0.5, 0.6) is 0 Å². The number of nitro benzene ring substituents is 1. The lowest BCUT2D eigenvalue weighted by molar-refractivity contribution is -0.384. The minimum absolute atomic E-state index is 0.0168. The Morgan fingerprint density at radius 3 is 2.53 bits per heavy atom. The zero-order chi connectivity index (χ0) is 22.6. The van der Waals surface area contributed by atoms with E-state index in [1.165, 1.54) is 18.5 Å². The molecule has 160 valence electrons. The molecule has 0 aliphatic carbocycles. The fourth-order valence-corrected chi connectivity index (χ4v) is 3.97. The fraction of sp³-hybridized carbons (Fsp3) is 0.182. The molecule has 2 aromatic carbocycles. The molecule has 0 saturated heterocycles. The van der Waals surface area contributed by atoms with Gasteiger partial charge < -0.3 is 0 Å². The maximum atomic E-state index is 13.5. The molecule has 9 nitrogen and oxygen atoms in total. The summed E-state index contributed by atoms with van der Waals surface area (Å²) < 4.78 is 3.20. The van der Waals surface area contributed by atoms with Gasteiger partial charge in [0.05, 0.1) is 21.6 Å². The molecule has 1 unspecified atom stereocenters. The monoisotopic (exact) mass is 448 g/mol. The molecule has 0 saturated carbocycles. The van der Waals surface area contributed by atoms with Gasteiger partial charge in [0.25, 0.3) is 11.2 Å². The molecule has 5 aromatic rings. The van der Waals surface area contributed by atoms with E-state index < -0.39 is 4.92 Å². The van der Waals surface area contributed by atoms with Crippen molar-refractivity contribution in [2.75, 3.05) is 0 Å². The zero-order valence-electron chi connectivity index (χ0n) is 17.2. The second kappa shape index (κ2) is 7.38. The zero-order valence-corrected chi connectivity index (χ0v) is 17.9. The van der Waals surface area contributed by atoms with Crippen molar-refractivity contribution in [1.29, 1.82) is 0 Å².